The van der Waals surface area contributed by atoms with E-state index in [0.717, 1.165) is 11.1 Å². The van der Waals surface area contributed by atoms with Gasteiger partial charge in [0.05, 0.1) is 5.25 Å². The summed E-state index contributed by atoms with van der Waals surface area (Å²) >= 11 is 1.49. The third-order valence-corrected chi connectivity index (χ3v) is 4.82. The Morgan fingerprint density at radius 2 is 1.54 bits per heavy atom. The lowest BCUT2D eigenvalue weighted by Crippen LogP contribution is -2.45. The minimum absolute atomic E-state index is 0.251. The van der Waals surface area contributed by atoms with Crippen molar-refractivity contribution in [2.75, 3.05) is 0 Å². The molecule has 126 valence electrons. The topological polar surface area (TPSA) is 66.4 Å². The average molecular weight is 343 g/mol. The Balaban J connectivity index is 1.88. The van der Waals surface area contributed by atoms with E-state index in [1.54, 1.807) is 6.92 Å². The average Bonchev–Trinajstić information content (AvgIpc) is 2.60. The van der Waals surface area contributed by atoms with Gasteiger partial charge < -0.3 is 10.4 Å². The summed E-state index contributed by atoms with van der Waals surface area (Å²) in [5.74, 6) is -0.557. The van der Waals surface area contributed by atoms with Crippen molar-refractivity contribution in [1.82, 2.24) is 5.32 Å². The van der Waals surface area contributed by atoms with Crippen LogP contribution in [-0.4, -0.2) is 28.3 Å². The molecule has 2 N–H and O–H groups in total. The summed E-state index contributed by atoms with van der Waals surface area (Å²) in [4.78, 5) is 23.7. The predicted octanol–water partition coefficient (Wildman–Crippen LogP) is 3.12. The van der Waals surface area contributed by atoms with Gasteiger partial charge in [-0.1, -0.05) is 60.7 Å². The molecule has 2 rings (SSSR count). The van der Waals surface area contributed by atoms with Crippen molar-refractivity contribution >= 4 is 23.6 Å². The Bertz CT molecular complexity index is 661. The maximum atomic E-state index is 12.3. The molecule has 0 aliphatic rings. The van der Waals surface area contributed by atoms with Crippen molar-refractivity contribution in [2.45, 2.75) is 30.4 Å². The molecule has 0 fully saturated rings. The van der Waals surface area contributed by atoms with Crippen molar-refractivity contribution in [3.05, 3.63) is 71.8 Å². The number of carbonyl (C=O) groups is 2. The zero-order valence-electron chi connectivity index (χ0n) is 13.5. The second kappa shape index (κ2) is 9.13. The molecular weight excluding hydrogens is 322 g/mol. The molecule has 2 aromatic rings. The van der Waals surface area contributed by atoms with Gasteiger partial charge in [0.25, 0.3) is 0 Å². The van der Waals surface area contributed by atoms with Crippen LogP contribution in [0, 0.1) is 0 Å². The highest BCUT2D eigenvalue weighted by Gasteiger charge is 2.23. The molecule has 1 amide bonds. The molecule has 4 nitrogen and oxygen atoms in total. The van der Waals surface area contributed by atoms with Crippen molar-refractivity contribution in [2.24, 2.45) is 0 Å². The second-order valence-corrected chi connectivity index (χ2v) is 6.86. The molecule has 24 heavy (non-hydrogen) atoms. The molecule has 0 bridgehead atoms. The van der Waals surface area contributed by atoms with E-state index < -0.39 is 12.0 Å². The maximum Gasteiger partial charge on any atom is 0.326 e. The van der Waals surface area contributed by atoms with Crippen LogP contribution in [0.1, 0.15) is 18.1 Å². The van der Waals surface area contributed by atoms with Gasteiger partial charge in [-0.05, 0) is 18.1 Å². The van der Waals surface area contributed by atoms with Crippen LogP contribution < -0.4 is 5.32 Å². The van der Waals surface area contributed by atoms with Crippen molar-refractivity contribution in [3.8, 4) is 0 Å². The second-order valence-electron chi connectivity index (χ2n) is 5.53. The van der Waals surface area contributed by atoms with E-state index in [2.05, 4.69) is 5.32 Å². The zero-order chi connectivity index (χ0) is 17.4. The molecule has 0 saturated carbocycles. The molecule has 0 aliphatic heterocycles. The number of carboxylic acid groups (broad SMARTS) is 1. The van der Waals surface area contributed by atoms with Crippen LogP contribution in [0.3, 0.4) is 0 Å². The van der Waals surface area contributed by atoms with Gasteiger partial charge in [0.2, 0.25) is 5.91 Å². The quantitative estimate of drug-likeness (QED) is 0.773. The van der Waals surface area contributed by atoms with E-state index in [0.29, 0.717) is 5.75 Å². The van der Waals surface area contributed by atoms with Gasteiger partial charge in [-0.2, -0.15) is 0 Å². The van der Waals surface area contributed by atoms with Gasteiger partial charge in [-0.3, -0.25) is 4.79 Å². The summed E-state index contributed by atoms with van der Waals surface area (Å²) in [5, 5.41) is 11.7. The van der Waals surface area contributed by atoms with Crippen LogP contribution >= 0.6 is 11.8 Å². The Morgan fingerprint density at radius 1 is 1.00 bits per heavy atom. The van der Waals surface area contributed by atoms with Gasteiger partial charge in [-0.25, -0.2) is 4.79 Å². The lowest BCUT2D eigenvalue weighted by Gasteiger charge is -2.18. The molecule has 0 radical (unpaired) electrons. The number of benzene rings is 2. The van der Waals surface area contributed by atoms with Gasteiger partial charge >= 0.3 is 5.97 Å². The summed E-state index contributed by atoms with van der Waals surface area (Å²) in [6.07, 6.45) is 0.276. The molecule has 0 spiro atoms. The van der Waals surface area contributed by atoms with Crippen LogP contribution in [0.2, 0.25) is 0 Å². The van der Waals surface area contributed by atoms with Crippen LogP contribution in [-0.2, 0) is 21.8 Å². The summed E-state index contributed by atoms with van der Waals surface area (Å²) < 4.78 is 0. The SMILES string of the molecule is CC(SCc1ccccc1)C(=O)NC(Cc1ccccc1)C(=O)O. The number of rotatable bonds is 8. The van der Waals surface area contributed by atoms with Gasteiger partial charge in [0, 0.05) is 12.2 Å². The molecule has 0 saturated heterocycles. The molecule has 0 heterocycles. The van der Waals surface area contributed by atoms with Crippen molar-refractivity contribution in [3.63, 3.8) is 0 Å². The molecule has 2 aromatic carbocycles. The Morgan fingerprint density at radius 3 is 2.08 bits per heavy atom. The largest absolute Gasteiger partial charge is 0.480 e. The van der Waals surface area contributed by atoms with E-state index >= 15 is 0 Å². The highest BCUT2D eigenvalue weighted by atomic mass is 32.2. The first kappa shape index (κ1) is 18.1. The molecule has 0 aromatic heterocycles. The zero-order valence-corrected chi connectivity index (χ0v) is 14.3. The van der Waals surface area contributed by atoms with E-state index in [1.807, 2.05) is 60.7 Å². The molecule has 2 atom stereocenters. The summed E-state index contributed by atoms with van der Waals surface area (Å²) in [5.41, 5.74) is 2.02. The first-order valence-electron chi connectivity index (χ1n) is 7.79. The van der Waals surface area contributed by atoms with E-state index in [-0.39, 0.29) is 17.6 Å². The standard InChI is InChI=1S/C19H21NO3S/c1-14(24-13-16-10-6-3-7-11-16)18(21)20-17(19(22)23)12-15-8-4-2-5-9-15/h2-11,14,17H,12-13H2,1H3,(H,20,21)(H,22,23). The first-order chi connectivity index (χ1) is 11.6. The number of carboxylic acids is 1. The summed E-state index contributed by atoms with van der Waals surface area (Å²) in [6.45, 7) is 1.80. The third kappa shape index (κ3) is 5.74. The van der Waals surface area contributed by atoms with Crippen LogP contribution in [0.5, 0.6) is 0 Å². The molecule has 5 heteroatoms. The Labute approximate surface area is 146 Å². The first-order valence-corrected chi connectivity index (χ1v) is 8.84. The highest BCUT2D eigenvalue weighted by Crippen LogP contribution is 2.18. The van der Waals surface area contributed by atoms with Crippen molar-refractivity contribution < 1.29 is 14.7 Å². The lowest BCUT2D eigenvalue weighted by molar-refractivity contribution is -0.141. The van der Waals surface area contributed by atoms with Crippen LogP contribution in [0.25, 0.3) is 0 Å². The van der Waals surface area contributed by atoms with Gasteiger partial charge in [-0.15, -0.1) is 11.8 Å². The Hall–Kier alpha value is -2.27. The lowest BCUT2D eigenvalue weighted by atomic mass is 10.1. The number of aliphatic carboxylic acids is 1. The summed E-state index contributed by atoms with van der Waals surface area (Å²) in [7, 11) is 0. The highest BCUT2D eigenvalue weighted by molar-refractivity contribution is 7.99. The van der Waals surface area contributed by atoms with E-state index in [9.17, 15) is 14.7 Å². The number of thioether (sulfide) groups is 1. The van der Waals surface area contributed by atoms with E-state index in [1.165, 1.54) is 11.8 Å². The molecular formula is C19H21NO3S. The predicted molar refractivity (Wildman–Crippen MR) is 96.9 cm³/mol. The number of hydrogen-bond donors (Lipinski definition) is 2. The fraction of sp³-hybridized carbons (Fsp3) is 0.263. The summed E-state index contributed by atoms with van der Waals surface area (Å²) in [6, 6.07) is 18.3. The fourth-order valence-electron chi connectivity index (χ4n) is 2.21. The minimum Gasteiger partial charge on any atom is -0.480 e. The number of carbonyl (C=O) groups excluding carboxylic acids is 1. The normalized spacial score (nSPS) is 13.0. The number of hydrogen-bond acceptors (Lipinski definition) is 3. The minimum atomic E-state index is -1.02. The smallest absolute Gasteiger partial charge is 0.326 e. The number of nitrogens with one attached hydrogen (secondary N) is 1. The molecule has 0 aliphatic carbocycles. The Kier molecular flexibility index (Phi) is 6.88. The van der Waals surface area contributed by atoms with Gasteiger partial charge in [0.15, 0.2) is 0 Å². The maximum absolute atomic E-state index is 12.3. The molecule has 2 unspecified atom stereocenters. The third-order valence-electron chi connectivity index (χ3n) is 3.61. The van der Waals surface area contributed by atoms with Crippen molar-refractivity contribution in [1.29, 1.82) is 0 Å². The monoisotopic (exact) mass is 343 g/mol. The number of amides is 1. The van der Waals surface area contributed by atoms with Crippen LogP contribution in [0.4, 0.5) is 0 Å². The fourth-order valence-corrected chi connectivity index (χ4v) is 3.06. The van der Waals surface area contributed by atoms with E-state index in [4.69, 9.17) is 0 Å². The van der Waals surface area contributed by atoms with Crippen LogP contribution in [0.15, 0.2) is 60.7 Å². The van der Waals surface area contributed by atoms with Gasteiger partial charge in [0.1, 0.15) is 6.04 Å².